The monoisotopic (exact) mass is 253 g/mol. The second-order valence-corrected chi connectivity index (χ2v) is 5.21. The highest BCUT2D eigenvalue weighted by Crippen LogP contribution is 2.47. The van der Waals surface area contributed by atoms with Crippen LogP contribution in [0.5, 0.6) is 0 Å². The van der Waals surface area contributed by atoms with Crippen molar-refractivity contribution in [3.05, 3.63) is 12.7 Å². The number of nitrogens with one attached hydrogen (secondary N) is 1. The summed E-state index contributed by atoms with van der Waals surface area (Å²) in [5.41, 5.74) is -1.13. The normalized spacial score (nSPS) is 33.8. The van der Waals surface area contributed by atoms with Crippen LogP contribution < -0.4 is 5.32 Å². The SMILES string of the molecule is C=CCOC(=O)NC1(C(=O)O)CC2CCC1CC2. The molecule has 100 valence electrons. The zero-order chi connectivity index (χ0) is 13.2. The Morgan fingerprint density at radius 2 is 2.06 bits per heavy atom. The van der Waals surface area contributed by atoms with Crippen LogP contribution in [0.4, 0.5) is 4.79 Å². The predicted molar refractivity (Wildman–Crippen MR) is 65.1 cm³/mol. The number of rotatable bonds is 4. The van der Waals surface area contributed by atoms with Crippen molar-refractivity contribution >= 4 is 12.1 Å². The summed E-state index contributed by atoms with van der Waals surface area (Å²) < 4.78 is 4.85. The lowest BCUT2D eigenvalue weighted by Crippen LogP contribution is -2.63. The lowest BCUT2D eigenvalue weighted by molar-refractivity contribution is -0.152. The van der Waals surface area contributed by atoms with Gasteiger partial charge in [0.15, 0.2) is 0 Å². The molecule has 0 aromatic heterocycles. The number of aliphatic carboxylic acids is 1. The molecule has 0 saturated heterocycles. The zero-order valence-electron chi connectivity index (χ0n) is 10.4. The number of hydrogen-bond acceptors (Lipinski definition) is 3. The first-order valence-corrected chi connectivity index (χ1v) is 6.37. The summed E-state index contributed by atoms with van der Waals surface area (Å²) in [5.74, 6) is -0.505. The van der Waals surface area contributed by atoms with Gasteiger partial charge in [0, 0.05) is 0 Å². The Balaban J connectivity index is 2.10. The van der Waals surface area contributed by atoms with Crippen LogP contribution in [0.15, 0.2) is 12.7 Å². The van der Waals surface area contributed by atoms with E-state index in [1.807, 2.05) is 0 Å². The molecule has 1 amide bonds. The van der Waals surface area contributed by atoms with Crippen LogP contribution in [0, 0.1) is 11.8 Å². The molecule has 0 aromatic carbocycles. The average molecular weight is 253 g/mol. The molecule has 3 aliphatic carbocycles. The summed E-state index contributed by atoms with van der Waals surface area (Å²) in [6, 6.07) is 0. The standard InChI is InChI=1S/C13H19NO4/c1-2-7-18-12(17)14-13(11(15)16)8-9-3-5-10(13)6-4-9/h2,9-10H,1,3-8H2,(H,14,17)(H,15,16). The third-order valence-electron chi connectivity index (χ3n) is 4.19. The number of carbonyl (C=O) groups excluding carboxylic acids is 1. The Bertz CT molecular complexity index is 360. The van der Waals surface area contributed by atoms with Crippen LogP contribution in [0.1, 0.15) is 32.1 Å². The van der Waals surface area contributed by atoms with Gasteiger partial charge in [-0.05, 0) is 43.9 Å². The number of carbonyl (C=O) groups is 2. The molecule has 0 heterocycles. The van der Waals surface area contributed by atoms with Crippen molar-refractivity contribution in [3.8, 4) is 0 Å². The summed E-state index contributed by atoms with van der Waals surface area (Å²) in [6.45, 7) is 3.54. The Hall–Kier alpha value is -1.52. The third kappa shape index (κ3) is 2.21. The Kier molecular flexibility index (Phi) is 3.59. The number of carboxylic acids is 1. The molecule has 0 spiro atoms. The van der Waals surface area contributed by atoms with E-state index in [9.17, 15) is 14.7 Å². The van der Waals surface area contributed by atoms with Crippen LogP contribution in [0.25, 0.3) is 0 Å². The fourth-order valence-electron chi connectivity index (χ4n) is 3.30. The largest absolute Gasteiger partial charge is 0.479 e. The molecule has 5 heteroatoms. The molecule has 3 rings (SSSR count). The van der Waals surface area contributed by atoms with E-state index in [4.69, 9.17) is 4.74 Å². The van der Waals surface area contributed by atoms with E-state index in [2.05, 4.69) is 11.9 Å². The van der Waals surface area contributed by atoms with E-state index in [1.54, 1.807) is 0 Å². The van der Waals surface area contributed by atoms with Gasteiger partial charge in [-0.25, -0.2) is 9.59 Å². The van der Waals surface area contributed by atoms with E-state index in [0.717, 1.165) is 25.7 Å². The minimum Gasteiger partial charge on any atom is -0.479 e. The van der Waals surface area contributed by atoms with Crippen molar-refractivity contribution in [2.24, 2.45) is 11.8 Å². The minimum absolute atomic E-state index is 0.0243. The van der Waals surface area contributed by atoms with E-state index < -0.39 is 17.6 Å². The Morgan fingerprint density at radius 3 is 2.50 bits per heavy atom. The lowest BCUT2D eigenvalue weighted by Gasteiger charge is -2.48. The number of alkyl carbamates (subject to hydrolysis) is 1. The molecular formula is C13H19NO4. The van der Waals surface area contributed by atoms with E-state index >= 15 is 0 Å². The fourth-order valence-corrected chi connectivity index (χ4v) is 3.30. The molecule has 3 aliphatic rings. The van der Waals surface area contributed by atoms with Crippen molar-refractivity contribution < 1.29 is 19.4 Å². The van der Waals surface area contributed by atoms with E-state index in [-0.39, 0.29) is 12.5 Å². The molecule has 0 radical (unpaired) electrons. The number of ether oxygens (including phenoxy) is 1. The zero-order valence-corrected chi connectivity index (χ0v) is 10.4. The maximum absolute atomic E-state index is 11.6. The highest BCUT2D eigenvalue weighted by Gasteiger charge is 2.53. The van der Waals surface area contributed by atoms with Crippen molar-refractivity contribution in [3.63, 3.8) is 0 Å². The predicted octanol–water partition coefficient (Wildman–Crippen LogP) is 1.93. The Labute approximate surface area is 106 Å². The average Bonchev–Trinajstić information content (AvgIpc) is 2.37. The van der Waals surface area contributed by atoms with Crippen LogP contribution in [-0.2, 0) is 9.53 Å². The summed E-state index contributed by atoms with van der Waals surface area (Å²) >= 11 is 0. The second kappa shape index (κ2) is 5.00. The summed E-state index contributed by atoms with van der Waals surface area (Å²) in [4.78, 5) is 23.2. The molecule has 2 N–H and O–H groups in total. The summed E-state index contributed by atoms with van der Waals surface area (Å²) in [5, 5.41) is 12.1. The molecule has 0 aliphatic heterocycles. The van der Waals surface area contributed by atoms with Gasteiger partial charge in [-0.15, -0.1) is 0 Å². The van der Waals surface area contributed by atoms with Gasteiger partial charge >= 0.3 is 12.1 Å². The molecule has 5 nitrogen and oxygen atoms in total. The quantitative estimate of drug-likeness (QED) is 0.751. The van der Waals surface area contributed by atoms with Gasteiger partial charge in [-0.3, -0.25) is 0 Å². The summed E-state index contributed by atoms with van der Waals surface area (Å²) in [7, 11) is 0. The smallest absolute Gasteiger partial charge is 0.408 e. The molecule has 18 heavy (non-hydrogen) atoms. The van der Waals surface area contributed by atoms with Crippen molar-refractivity contribution in [2.45, 2.75) is 37.6 Å². The van der Waals surface area contributed by atoms with Gasteiger partial charge in [0.1, 0.15) is 12.1 Å². The maximum atomic E-state index is 11.6. The lowest BCUT2D eigenvalue weighted by atomic mass is 9.60. The topological polar surface area (TPSA) is 75.6 Å². The van der Waals surface area contributed by atoms with Crippen molar-refractivity contribution in [1.29, 1.82) is 0 Å². The molecule has 2 bridgehead atoms. The Morgan fingerprint density at radius 1 is 1.39 bits per heavy atom. The second-order valence-electron chi connectivity index (χ2n) is 5.21. The number of carboxylic acid groups (broad SMARTS) is 1. The molecule has 3 fully saturated rings. The third-order valence-corrected chi connectivity index (χ3v) is 4.19. The van der Waals surface area contributed by atoms with Crippen LogP contribution >= 0.6 is 0 Å². The number of hydrogen-bond donors (Lipinski definition) is 2. The first-order chi connectivity index (χ1) is 8.58. The number of fused-ring (bicyclic) bond motifs is 3. The van der Waals surface area contributed by atoms with Gasteiger partial charge in [-0.1, -0.05) is 12.7 Å². The van der Waals surface area contributed by atoms with E-state index in [1.165, 1.54) is 6.08 Å². The van der Waals surface area contributed by atoms with Gasteiger partial charge in [0.25, 0.3) is 0 Å². The van der Waals surface area contributed by atoms with Crippen molar-refractivity contribution in [2.75, 3.05) is 6.61 Å². The van der Waals surface area contributed by atoms with Crippen LogP contribution in [0.2, 0.25) is 0 Å². The van der Waals surface area contributed by atoms with Crippen LogP contribution in [0.3, 0.4) is 0 Å². The van der Waals surface area contributed by atoms with Gasteiger partial charge in [-0.2, -0.15) is 0 Å². The molecule has 1 atom stereocenters. The number of amides is 1. The molecule has 1 unspecified atom stereocenters. The molecule has 0 aromatic rings. The summed E-state index contributed by atoms with van der Waals surface area (Å²) in [6.07, 6.45) is 5.21. The first kappa shape index (κ1) is 12.9. The fraction of sp³-hybridized carbons (Fsp3) is 0.692. The highest BCUT2D eigenvalue weighted by molar-refractivity contribution is 5.85. The first-order valence-electron chi connectivity index (χ1n) is 6.37. The maximum Gasteiger partial charge on any atom is 0.408 e. The highest BCUT2D eigenvalue weighted by atomic mass is 16.5. The van der Waals surface area contributed by atoms with Crippen molar-refractivity contribution in [1.82, 2.24) is 5.32 Å². The molecule has 3 saturated carbocycles. The van der Waals surface area contributed by atoms with Gasteiger partial charge < -0.3 is 15.2 Å². The van der Waals surface area contributed by atoms with Gasteiger partial charge in [0.2, 0.25) is 0 Å². The van der Waals surface area contributed by atoms with E-state index in [0.29, 0.717) is 12.3 Å². The van der Waals surface area contributed by atoms with Gasteiger partial charge in [0.05, 0.1) is 0 Å². The van der Waals surface area contributed by atoms with Crippen LogP contribution in [-0.4, -0.2) is 29.3 Å². The minimum atomic E-state index is -1.13. The molecular weight excluding hydrogens is 234 g/mol.